The van der Waals surface area contributed by atoms with Gasteiger partial charge < -0.3 is 10.6 Å². The van der Waals surface area contributed by atoms with E-state index >= 15 is 0 Å². The molecule has 1 fully saturated rings. The molecule has 1 saturated carbocycles. The maximum atomic E-state index is 12.2. The number of aromatic nitrogens is 2. The van der Waals surface area contributed by atoms with Crippen molar-refractivity contribution in [2.45, 2.75) is 63.7 Å². The molecule has 1 atom stereocenters. The molecule has 5 nitrogen and oxygen atoms in total. The quantitative estimate of drug-likeness (QED) is 0.509. The molecule has 3 rings (SSSR count). The lowest BCUT2D eigenvalue weighted by Gasteiger charge is -2.15. The highest BCUT2D eigenvalue weighted by Gasteiger charge is 2.23. The number of amides is 1. The van der Waals surface area contributed by atoms with Crippen LogP contribution in [0.4, 0.5) is 5.82 Å². The zero-order chi connectivity index (χ0) is 18.5. The molecular weight excluding hydrogens is 344 g/mol. The first-order valence-corrected chi connectivity index (χ1v) is 10.5. The van der Waals surface area contributed by atoms with E-state index in [2.05, 4.69) is 41.4 Å². The van der Waals surface area contributed by atoms with Crippen molar-refractivity contribution in [1.82, 2.24) is 15.3 Å². The number of carbonyl (C=O) groups excluding carboxylic acids is 1. The van der Waals surface area contributed by atoms with E-state index in [0.717, 1.165) is 29.6 Å². The number of hydrogen-bond donors (Lipinski definition) is 2. The van der Waals surface area contributed by atoms with Crippen LogP contribution in [0, 0.1) is 5.92 Å². The molecule has 140 valence electrons. The molecule has 0 saturated heterocycles. The summed E-state index contributed by atoms with van der Waals surface area (Å²) in [5.74, 6) is 1.92. The molecule has 0 spiro atoms. The van der Waals surface area contributed by atoms with Crippen molar-refractivity contribution in [2.75, 3.05) is 11.1 Å². The van der Waals surface area contributed by atoms with Crippen LogP contribution in [-0.4, -0.2) is 33.7 Å². The van der Waals surface area contributed by atoms with E-state index in [0.29, 0.717) is 22.9 Å². The molecular formula is C20H28N4OS. The van der Waals surface area contributed by atoms with Gasteiger partial charge in [-0.25, -0.2) is 9.97 Å². The third-order valence-electron chi connectivity index (χ3n) is 4.42. The summed E-state index contributed by atoms with van der Waals surface area (Å²) in [5.41, 5.74) is 0.916. The summed E-state index contributed by atoms with van der Waals surface area (Å²) < 4.78 is 0. The first-order chi connectivity index (χ1) is 12.5. The van der Waals surface area contributed by atoms with E-state index in [4.69, 9.17) is 0 Å². The normalized spacial score (nSPS) is 15.2. The minimum Gasteiger partial charge on any atom is -0.367 e. The van der Waals surface area contributed by atoms with Gasteiger partial charge in [-0.2, -0.15) is 0 Å². The lowest BCUT2D eigenvalue weighted by Crippen LogP contribution is -2.34. The maximum absolute atomic E-state index is 12.2. The number of anilines is 1. The van der Waals surface area contributed by atoms with Gasteiger partial charge in [0.2, 0.25) is 5.91 Å². The summed E-state index contributed by atoms with van der Waals surface area (Å²) in [7, 11) is 0. The Hall–Kier alpha value is -1.82. The number of nitrogens with zero attached hydrogens (tertiary/aromatic N) is 2. The smallest absolute Gasteiger partial charge is 0.230 e. The number of fused-ring (bicyclic) bond motifs is 1. The summed E-state index contributed by atoms with van der Waals surface area (Å²) in [6, 6.07) is 8.74. The van der Waals surface area contributed by atoms with Gasteiger partial charge in [-0.05, 0) is 50.7 Å². The van der Waals surface area contributed by atoms with Crippen LogP contribution >= 0.6 is 11.8 Å². The van der Waals surface area contributed by atoms with Gasteiger partial charge in [0.05, 0.1) is 11.3 Å². The van der Waals surface area contributed by atoms with E-state index in [-0.39, 0.29) is 11.9 Å². The van der Waals surface area contributed by atoms with Gasteiger partial charge in [0.15, 0.2) is 5.16 Å². The Bertz CT molecular complexity index is 761. The number of hydrogen-bond acceptors (Lipinski definition) is 5. The second kappa shape index (κ2) is 8.71. The molecule has 1 heterocycles. The van der Waals surface area contributed by atoms with E-state index in [1.54, 1.807) is 0 Å². The van der Waals surface area contributed by atoms with Gasteiger partial charge in [-0.1, -0.05) is 37.7 Å². The molecule has 2 N–H and O–H groups in total. The summed E-state index contributed by atoms with van der Waals surface area (Å²) in [6.07, 6.45) is 4.52. The molecule has 6 heteroatoms. The number of carbonyl (C=O) groups is 1. The zero-order valence-electron chi connectivity index (χ0n) is 15.8. The van der Waals surface area contributed by atoms with Crippen LogP contribution in [0.1, 0.15) is 46.5 Å². The predicted octanol–water partition coefficient (Wildman–Crippen LogP) is 4.24. The lowest BCUT2D eigenvalue weighted by molar-refractivity contribution is -0.119. The van der Waals surface area contributed by atoms with Gasteiger partial charge in [0.1, 0.15) is 5.82 Å². The Morgan fingerprint density at radius 2 is 1.96 bits per heavy atom. The van der Waals surface area contributed by atoms with Crippen LogP contribution in [0.2, 0.25) is 0 Å². The fourth-order valence-electron chi connectivity index (χ4n) is 2.75. The van der Waals surface area contributed by atoms with Crippen molar-refractivity contribution in [3.8, 4) is 0 Å². The van der Waals surface area contributed by atoms with Gasteiger partial charge in [0.25, 0.3) is 0 Å². The Balaban J connectivity index is 1.60. The summed E-state index contributed by atoms with van der Waals surface area (Å²) in [6.45, 7) is 6.47. The van der Waals surface area contributed by atoms with Gasteiger partial charge >= 0.3 is 0 Å². The van der Waals surface area contributed by atoms with Crippen molar-refractivity contribution < 1.29 is 4.79 Å². The highest BCUT2D eigenvalue weighted by Crippen LogP contribution is 2.29. The largest absolute Gasteiger partial charge is 0.367 e. The average molecular weight is 373 g/mol. The third-order valence-corrected chi connectivity index (χ3v) is 5.26. The van der Waals surface area contributed by atoms with E-state index in [9.17, 15) is 4.79 Å². The van der Waals surface area contributed by atoms with Crippen molar-refractivity contribution in [2.24, 2.45) is 5.92 Å². The summed E-state index contributed by atoms with van der Waals surface area (Å²) in [5, 5.41) is 8.24. The standard InChI is InChI=1S/C20H28N4OS/c1-13(2)8-9-14(3)21-18(25)12-26-20-23-17-7-5-4-6-16(17)19(24-20)22-15-10-11-15/h4-7,13-15H,8-12H2,1-3H3,(H,21,25)(H,22,23,24). The zero-order valence-corrected chi connectivity index (χ0v) is 16.6. The minimum absolute atomic E-state index is 0.0414. The molecule has 0 radical (unpaired) electrons. The average Bonchev–Trinajstić information content (AvgIpc) is 3.42. The van der Waals surface area contributed by atoms with Crippen LogP contribution in [0.3, 0.4) is 0 Å². The van der Waals surface area contributed by atoms with Crippen LogP contribution in [-0.2, 0) is 4.79 Å². The van der Waals surface area contributed by atoms with Crippen LogP contribution < -0.4 is 10.6 Å². The molecule has 1 aliphatic rings. The van der Waals surface area contributed by atoms with Crippen molar-refractivity contribution in [3.05, 3.63) is 24.3 Å². The highest BCUT2D eigenvalue weighted by molar-refractivity contribution is 7.99. The molecule has 0 bridgehead atoms. The topological polar surface area (TPSA) is 66.9 Å². The summed E-state index contributed by atoms with van der Waals surface area (Å²) >= 11 is 1.40. The Morgan fingerprint density at radius 1 is 1.19 bits per heavy atom. The number of benzene rings is 1. The predicted molar refractivity (Wildman–Crippen MR) is 109 cm³/mol. The fraction of sp³-hybridized carbons (Fsp3) is 0.550. The minimum atomic E-state index is 0.0414. The van der Waals surface area contributed by atoms with E-state index < -0.39 is 0 Å². The number of nitrogens with one attached hydrogen (secondary N) is 2. The van der Waals surface area contributed by atoms with E-state index in [1.165, 1.54) is 24.6 Å². The molecule has 1 aromatic heterocycles. The number of thioether (sulfide) groups is 1. The molecule has 1 amide bonds. The second-order valence-electron chi connectivity index (χ2n) is 7.52. The SMILES string of the molecule is CC(C)CCC(C)NC(=O)CSc1nc(NC2CC2)c2ccccc2n1. The van der Waals surface area contributed by atoms with Crippen molar-refractivity contribution >= 4 is 34.4 Å². The first kappa shape index (κ1) is 19.0. The van der Waals surface area contributed by atoms with E-state index in [1.807, 2.05) is 24.3 Å². The van der Waals surface area contributed by atoms with Crippen LogP contribution in [0.25, 0.3) is 10.9 Å². The molecule has 0 aliphatic heterocycles. The molecule has 2 aromatic rings. The van der Waals surface area contributed by atoms with Crippen molar-refractivity contribution in [3.63, 3.8) is 0 Å². The van der Waals surface area contributed by atoms with Crippen molar-refractivity contribution in [1.29, 1.82) is 0 Å². The molecule has 1 unspecified atom stereocenters. The van der Waals surface area contributed by atoms with Gasteiger partial charge in [0, 0.05) is 17.5 Å². The Labute approximate surface area is 159 Å². The summed E-state index contributed by atoms with van der Waals surface area (Å²) in [4.78, 5) is 21.5. The molecule has 26 heavy (non-hydrogen) atoms. The first-order valence-electron chi connectivity index (χ1n) is 9.46. The van der Waals surface area contributed by atoms with Gasteiger partial charge in [-0.15, -0.1) is 0 Å². The molecule has 1 aliphatic carbocycles. The highest BCUT2D eigenvalue weighted by atomic mass is 32.2. The monoisotopic (exact) mass is 372 g/mol. The second-order valence-corrected chi connectivity index (χ2v) is 8.46. The fourth-order valence-corrected chi connectivity index (χ4v) is 3.42. The Kier molecular flexibility index (Phi) is 6.35. The third kappa shape index (κ3) is 5.59. The Morgan fingerprint density at radius 3 is 2.69 bits per heavy atom. The maximum Gasteiger partial charge on any atom is 0.230 e. The molecule has 1 aromatic carbocycles. The lowest BCUT2D eigenvalue weighted by atomic mass is 10.0. The van der Waals surface area contributed by atoms with Crippen LogP contribution in [0.15, 0.2) is 29.4 Å². The number of para-hydroxylation sites is 1. The van der Waals surface area contributed by atoms with Gasteiger partial charge in [-0.3, -0.25) is 4.79 Å². The number of rotatable bonds is 9. The van der Waals surface area contributed by atoms with Crippen LogP contribution in [0.5, 0.6) is 0 Å².